The zero-order valence-corrected chi connectivity index (χ0v) is 11.8. The van der Waals surface area contributed by atoms with Gasteiger partial charge in [0.2, 0.25) is 5.91 Å². The molecule has 0 aliphatic carbocycles. The fourth-order valence-electron chi connectivity index (χ4n) is 2.53. The topological polar surface area (TPSA) is 64.3 Å². The normalized spacial score (nSPS) is 19.3. The van der Waals surface area contributed by atoms with Crippen LogP contribution in [-0.4, -0.2) is 12.5 Å². The Balaban J connectivity index is 2.47. The Morgan fingerprint density at radius 1 is 1.58 bits per heavy atom. The van der Waals surface area contributed by atoms with E-state index in [-0.39, 0.29) is 18.0 Å². The van der Waals surface area contributed by atoms with Crippen LogP contribution in [0, 0.1) is 0 Å². The molecule has 0 aromatic heterocycles. The van der Waals surface area contributed by atoms with Crippen LogP contribution in [-0.2, 0) is 11.2 Å². The molecule has 3 N–H and O–H groups in total. The van der Waals surface area contributed by atoms with Gasteiger partial charge in [0.25, 0.3) is 0 Å². The van der Waals surface area contributed by atoms with Crippen LogP contribution in [0.5, 0.6) is 5.75 Å². The van der Waals surface area contributed by atoms with Crippen molar-refractivity contribution >= 4 is 5.91 Å². The molecule has 2 atom stereocenters. The van der Waals surface area contributed by atoms with E-state index < -0.39 is 0 Å². The Kier molecular flexibility index (Phi) is 4.10. The standard InChI is InChI=1S/C15H22N2O2/c1-4-11-7-12(9(2)16)8-13-14(17-10(3)18)5-6-19-15(11)13/h7-9,14H,4-6,16H2,1-3H3,(H,17,18). The summed E-state index contributed by atoms with van der Waals surface area (Å²) in [4.78, 5) is 11.3. The van der Waals surface area contributed by atoms with E-state index in [2.05, 4.69) is 24.4 Å². The van der Waals surface area contributed by atoms with Crippen molar-refractivity contribution in [1.82, 2.24) is 5.32 Å². The van der Waals surface area contributed by atoms with Crippen LogP contribution < -0.4 is 15.8 Å². The number of rotatable bonds is 3. The second-order valence-electron chi connectivity index (χ2n) is 5.13. The molecule has 1 heterocycles. The zero-order chi connectivity index (χ0) is 14.0. The molecule has 0 spiro atoms. The molecular formula is C15H22N2O2. The summed E-state index contributed by atoms with van der Waals surface area (Å²) < 4.78 is 5.80. The molecule has 1 aliphatic rings. The van der Waals surface area contributed by atoms with Crippen molar-refractivity contribution in [3.63, 3.8) is 0 Å². The molecule has 19 heavy (non-hydrogen) atoms. The molecule has 0 radical (unpaired) electrons. The molecule has 4 nitrogen and oxygen atoms in total. The third-order valence-corrected chi connectivity index (χ3v) is 3.53. The summed E-state index contributed by atoms with van der Waals surface area (Å²) in [5.74, 6) is 0.916. The molecule has 4 heteroatoms. The average Bonchev–Trinajstić information content (AvgIpc) is 2.37. The van der Waals surface area contributed by atoms with Gasteiger partial charge in [-0.05, 0) is 30.5 Å². The molecule has 2 unspecified atom stereocenters. The van der Waals surface area contributed by atoms with Crippen LogP contribution in [0.15, 0.2) is 12.1 Å². The molecule has 1 aliphatic heterocycles. The molecule has 0 saturated carbocycles. The third-order valence-electron chi connectivity index (χ3n) is 3.53. The fraction of sp³-hybridized carbons (Fsp3) is 0.533. The number of benzene rings is 1. The number of carbonyl (C=O) groups is 1. The highest BCUT2D eigenvalue weighted by Gasteiger charge is 2.25. The van der Waals surface area contributed by atoms with Crippen LogP contribution in [0.2, 0.25) is 0 Å². The van der Waals surface area contributed by atoms with Gasteiger partial charge < -0.3 is 15.8 Å². The number of nitrogens with two attached hydrogens (primary N) is 1. The number of carbonyl (C=O) groups excluding carboxylic acids is 1. The van der Waals surface area contributed by atoms with Crippen LogP contribution in [0.1, 0.15) is 56.0 Å². The lowest BCUT2D eigenvalue weighted by Crippen LogP contribution is -2.31. The predicted molar refractivity (Wildman–Crippen MR) is 75.1 cm³/mol. The Labute approximate surface area is 114 Å². The van der Waals surface area contributed by atoms with E-state index in [1.54, 1.807) is 6.92 Å². The highest BCUT2D eigenvalue weighted by molar-refractivity contribution is 5.73. The highest BCUT2D eigenvalue weighted by Crippen LogP contribution is 2.37. The average molecular weight is 262 g/mol. The number of ether oxygens (including phenoxy) is 1. The third kappa shape index (κ3) is 2.89. The molecule has 2 rings (SSSR count). The summed E-state index contributed by atoms with van der Waals surface area (Å²) in [6.45, 7) is 6.26. The first-order valence-corrected chi connectivity index (χ1v) is 6.85. The first-order chi connectivity index (χ1) is 9.02. The second kappa shape index (κ2) is 5.61. The van der Waals surface area contributed by atoms with E-state index in [1.165, 1.54) is 5.56 Å². The van der Waals surface area contributed by atoms with Crippen molar-refractivity contribution in [3.8, 4) is 5.75 Å². The lowest BCUT2D eigenvalue weighted by molar-refractivity contribution is -0.119. The molecule has 1 amide bonds. The van der Waals surface area contributed by atoms with Gasteiger partial charge in [0.1, 0.15) is 5.75 Å². The quantitative estimate of drug-likeness (QED) is 0.878. The highest BCUT2D eigenvalue weighted by atomic mass is 16.5. The first kappa shape index (κ1) is 13.9. The van der Waals surface area contributed by atoms with Gasteiger partial charge in [0.05, 0.1) is 12.6 Å². The second-order valence-corrected chi connectivity index (χ2v) is 5.13. The maximum Gasteiger partial charge on any atom is 0.217 e. The van der Waals surface area contributed by atoms with Crippen molar-refractivity contribution < 1.29 is 9.53 Å². The van der Waals surface area contributed by atoms with E-state index in [0.717, 1.165) is 29.7 Å². The Hall–Kier alpha value is -1.55. The SMILES string of the molecule is CCc1cc(C(C)N)cc2c1OCCC2NC(C)=O. The number of aryl methyl sites for hydroxylation is 1. The maximum atomic E-state index is 11.3. The minimum Gasteiger partial charge on any atom is -0.493 e. The number of nitrogens with one attached hydrogen (secondary N) is 1. The maximum absolute atomic E-state index is 11.3. The molecule has 1 aromatic rings. The van der Waals surface area contributed by atoms with Gasteiger partial charge in [0.15, 0.2) is 0 Å². The molecule has 1 aromatic carbocycles. The van der Waals surface area contributed by atoms with Crippen LogP contribution in [0.4, 0.5) is 0 Å². The number of fused-ring (bicyclic) bond motifs is 1. The van der Waals surface area contributed by atoms with Gasteiger partial charge in [0, 0.05) is 24.9 Å². The van der Waals surface area contributed by atoms with E-state index in [1.807, 2.05) is 6.92 Å². The predicted octanol–water partition coefficient (Wildman–Crippen LogP) is 2.23. The van der Waals surface area contributed by atoms with Crippen molar-refractivity contribution in [3.05, 3.63) is 28.8 Å². The van der Waals surface area contributed by atoms with E-state index in [9.17, 15) is 4.79 Å². The summed E-state index contributed by atoms with van der Waals surface area (Å²) >= 11 is 0. The van der Waals surface area contributed by atoms with Crippen LogP contribution in [0.3, 0.4) is 0 Å². The molecule has 0 fully saturated rings. The van der Waals surface area contributed by atoms with Crippen LogP contribution >= 0.6 is 0 Å². The lowest BCUT2D eigenvalue weighted by Gasteiger charge is -2.29. The Morgan fingerprint density at radius 2 is 2.32 bits per heavy atom. The molecule has 0 bridgehead atoms. The Bertz CT molecular complexity index is 483. The molecule has 0 saturated heterocycles. The van der Waals surface area contributed by atoms with Crippen molar-refractivity contribution in [2.24, 2.45) is 5.73 Å². The van der Waals surface area contributed by atoms with Crippen LogP contribution in [0.25, 0.3) is 0 Å². The van der Waals surface area contributed by atoms with Crippen molar-refractivity contribution in [2.45, 2.75) is 45.7 Å². The number of hydrogen-bond acceptors (Lipinski definition) is 3. The largest absolute Gasteiger partial charge is 0.493 e. The molecular weight excluding hydrogens is 240 g/mol. The van der Waals surface area contributed by atoms with Gasteiger partial charge in [-0.3, -0.25) is 4.79 Å². The monoisotopic (exact) mass is 262 g/mol. The summed E-state index contributed by atoms with van der Waals surface area (Å²) in [6, 6.07) is 4.19. The van der Waals surface area contributed by atoms with Crippen molar-refractivity contribution in [1.29, 1.82) is 0 Å². The minimum absolute atomic E-state index is 0.0119. The van der Waals surface area contributed by atoms with Gasteiger partial charge in [-0.2, -0.15) is 0 Å². The molecule has 104 valence electrons. The van der Waals surface area contributed by atoms with E-state index in [4.69, 9.17) is 10.5 Å². The summed E-state index contributed by atoms with van der Waals surface area (Å²) in [5.41, 5.74) is 9.31. The number of hydrogen-bond donors (Lipinski definition) is 2. The van der Waals surface area contributed by atoms with E-state index in [0.29, 0.717) is 6.61 Å². The Morgan fingerprint density at radius 3 is 2.89 bits per heavy atom. The number of amides is 1. The fourth-order valence-corrected chi connectivity index (χ4v) is 2.53. The zero-order valence-electron chi connectivity index (χ0n) is 11.8. The summed E-state index contributed by atoms with van der Waals surface area (Å²) in [6.07, 6.45) is 1.70. The van der Waals surface area contributed by atoms with E-state index >= 15 is 0 Å². The lowest BCUT2D eigenvalue weighted by atomic mass is 9.92. The van der Waals surface area contributed by atoms with Crippen molar-refractivity contribution in [2.75, 3.05) is 6.61 Å². The van der Waals surface area contributed by atoms with Gasteiger partial charge in [-0.1, -0.05) is 13.0 Å². The smallest absolute Gasteiger partial charge is 0.217 e. The van der Waals surface area contributed by atoms with Gasteiger partial charge in [-0.15, -0.1) is 0 Å². The van der Waals surface area contributed by atoms with Gasteiger partial charge >= 0.3 is 0 Å². The first-order valence-electron chi connectivity index (χ1n) is 6.85. The summed E-state index contributed by atoms with van der Waals surface area (Å²) in [7, 11) is 0. The van der Waals surface area contributed by atoms with Gasteiger partial charge in [-0.25, -0.2) is 0 Å². The summed E-state index contributed by atoms with van der Waals surface area (Å²) in [5, 5.41) is 3.00. The minimum atomic E-state index is -0.0181.